The summed E-state index contributed by atoms with van der Waals surface area (Å²) in [5, 5.41) is 1.88. The van der Waals surface area contributed by atoms with E-state index in [1.807, 2.05) is 17.5 Å². The van der Waals surface area contributed by atoms with Crippen molar-refractivity contribution in [3.05, 3.63) is 50.3 Å². The molecule has 1 amide bonds. The molecule has 1 aliphatic carbocycles. The van der Waals surface area contributed by atoms with Crippen molar-refractivity contribution in [2.75, 3.05) is 13.1 Å². The summed E-state index contributed by atoms with van der Waals surface area (Å²) in [6.07, 6.45) is 5.00. The molecule has 0 radical (unpaired) electrons. The van der Waals surface area contributed by atoms with Crippen LogP contribution in [0.4, 0.5) is 0 Å². The third-order valence-electron chi connectivity index (χ3n) is 4.86. The number of nitrogens with zero attached hydrogens (tertiary/aromatic N) is 2. The van der Waals surface area contributed by atoms with Gasteiger partial charge in [0.2, 0.25) is 0 Å². The molecule has 0 unspecified atom stereocenters. The number of rotatable bonds is 4. The van der Waals surface area contributed by atoms with Crippen LogP contribution in [0.15, 0.2) is 28.5 Å². The Labute approximate surface area is 148 Å². The maximum absolute atomic E-state index is 12.7. The smallest absolute Gasteiger partial charge is 0.263 e. The summed E-state index contributed by atoms with van der Waals surface area (Å²) < 4.78 is 0. The lowest BCUT2D eigenvalue weighted by Gasteiger charge is -2.31. The fourth-order valence-electron chi connectivity index (χ4n) is 3.29. The molecule has 1 atom stereocenters. The van der Waals surface area contributed by atoms with Gasteiger partial charge in [0.25, 0.3) is 11.5 Å². The van der Waals surface area contributed by atoms with Crippen LogP contribution in [0.25, 0.3) is 0 Å². The molecule has 1 saturated carbocycles. The van der Waals surface area contributed by atoms with Crippen molar-refractivity contribution >= 4 is 23.0 Å². The SMILES string of the molecule is O=C(c1cccs1)[C@H]1CCCN(C(=O)c2cnc(C3CC3)[nH]c2=O)C1. The van der Waals surface area contributed by atoms with E-state index in [4.69, 9.17) is 0 Å². The largest absolute Gasteiger partial charge is 0.338 e. The van der Waals surface area contributed by atoms with Gasteiger partial charge in [-0.2, -0.15) is 0 Å². The average Bonchev–Trinajstić information content (AvgIpc) is 3.35. The third kappa shape index (κ3) is 3.28. The predicted octanol–water partition coefficient (Wildman–Crippen LogP) is 2.44. The Morgan fingerprint density at radius 3 is 2.80 bits per heavy atom. The van der Waals surface area contributed by atoms with Gasteiger partial charge >= 0.3 is 0 Å². The highest BCUT2D eigenvalue weighted by atomic mass is 32.1. The highest BCUT2D eigenvalue weighted by Crippen LogP contribution is 2.37. The van der Waals surface area contributed by atoms with Crippen molar-refractivity contribution in [2.45, 2.75) is 31.6 Å². The number of hydrogen-bond donors (Lipinski definition) is 1. The number of likely N-dealkylation sites (tertiary alicyclic amines) is 1. The number of amides is 1. The van der Waals surface area contributed by atoms with Crippen LogP contribution in [0.1, 0.15) is 57.5 Å². The van der Waals surface area contributed by atoms with Gasteiger partial charge in [0.15, 0.2) is 5.78 Å². The Kier molecular flexibility index (Phi) is 4.25. The number of hydrogen-bond acceptors (Lipinski definition) is 5. The Morgan fingerprint density at radius 1 is 1.28 bits per heavy atom. The number of carbonyl (C=O) groups excluding carboxylic acids is 2. The number of Topliss-reactive ketones (excluding diaryl/α,β-unsaturated/α-hetero) is 1. The van der Waals surface area contributed by atoms with Gasteiger partial charge in [-0.3, -0.25) is 14.4 Å². The number of aromatic nitrogens is 2. The zero-order chi connectivity index (χ0) is 17.4. The van der Waals surface area contributed by atoms with Crippen molar-refractivity contribution in [2.24, 2.45) is 5.92 Å². The normalized spacial score (nSPS) is 20.5. The molecule has 0 spiro atoms. The molecule has 1 N–H and O–H groups in total. The van der Waals surface area contributed by atoms with E-state index in [2.05, 4.69) is 9.97 Å². The topological polar surface area (TPSA) is 83.1 Å². The maximum atomic E-state index is 12.7. The van der Waals surface area contributed by atoms with Crippen LogP contribution < -0.4 is 5.56 Å². The van der Waals surface area contributed by atoms with Crippen molar-refractivity contribution in [1.29, 1.82) is 0 Å². The zero-order valence-corrected chi connectivity index (χ0v) is 14.6. The minimum absolute atomic E-state index is 0.0635. The number of ketones is 1. The quantitative estimate of drug-likeness (QED) is 0.852. The molecule has 7 heteroatoms. The van der Waals surface area contributed by atoms with Gasteiger partial charge in [-0.05, 0) is 37.1 Å². The Morgan fingerprint density at radius 2 is 2.12 bits per heavy atom. The van der Waals surface area contributed by atoms with E-state index >= 15 is 0 Å². The molecule has 130 valence electrons. The lowest BCUT2D eigenvalue weighted by molar-refractivity contribution is 0.0636. The lowest BCUT2D eigenvalue weighted by Crippen LogP contribution is -2.44. The van der Waals surface area contributed by atoms with Crippen LogP contribution in [-0.2, 0) is 0 Å². The summed E-state index contributed by atoms with van der Waals surface area (Å²) in [7, 11) is 0. The maximum Gasteiger partial charge on any atom is 0.263 e. The van der Waals surface area contributed by atoms with Gasteiger partial charge in [-0.25, -0.2) is 4.98 Å². The zero-order valence-electron chi connectivity index (χ0n) is 13.7. The van der Waals surface area contributed by atoms with Crippen molar-refractivity contribution < 1.29 is 9.59 Å². The van der Waals surface area contributed by atoms with Crippen LogP contribution in [0.5, 0.6) is 0 Å². The summed E-state index contributed by atoms with van der Waals surface area (Å²) in [5.74, 6) is 0.558. The number of aromatic amines is 1. The first-order chi connectivity index (χ1) is 12.1. The van der Waals surface area contributed by atoms with E-state index in [9.17, 15) is 14.4 Å². The summed E-state index contributed by atoms with van der Waals surface area (Å²) in [4.78, 5) is 46.9. The molecule has 0 bridgehead atoms. The second kappa shape index (κ2) is 6.55. The van der Waals surface area contributed by atoms with Gasteiger partial charge < -0.3 is 9.88 Å². The molecule has 1 saturated heterocycles. The molecule has 25 heavy (non-hydrogen) atoms. The number of nitrogens with one attached hydrogen (secondary N) is 1. The molecule has 2 fully saturated rings. The van der Waals surface area contributed by atoms with Crippen LogP contribution in [-0.4, -0.2) is 39.6 Å². The molecule has 2 aromatic rings. The van der Waals surface area contributed by atoms with Gasteiger partial charge in [-0.1, -0.05) is 6.07 Å². The van der Waals surface area contributed by atoms with Gasteiger partial charge in [0, 0.05) is 31.1 Å². The van der Waals surface area contributed by atoms with Gasteiger partial charge in [0.05, 0.1) is 4.88 Å². The Bertz CT molecular complexity index is 855. The summed E-state index contributed by atoms with van der Waals surface area (Å²) >= 11 is 1.43. The second-order valence-corrected chi connectivity index (χ2v) is 7.67. The molecule has 1 aliphatic heterocycles. The van der Waals surface area contributed by atoms with Crippen molar-refractivity contribution in [1.82, 2.24) is 14.9 Å². The molecule has 3 heterocycles. The number of thiophene rings is 1. The average molecular weight is 357 g/mol. The van der Waals surface area contributed by atoms with Crippen LogP contribution in [0.3, 0.4) is 0 Å². The third-order valence-corrected chi connectivity index (χ3v) is 5.74. The minimum Gasteiger partial charge on any atom is -0.338 e. The van der Waals surface area contributed by atoms with Gasteiger partial charge in [0.1, 0.15) is 11.4 Å². The molecule has 2 aliphatic rings. The molecule has 4 rings (SSSR count). The number of piperidine rings is 1. The minimum atomic E-state index is -0.381. The highest BCUT2D eigenvalue weighted by Gasteiger charge is 2.32. The van der Waals surface area contributed by atoms with E-state index in [1.165, 1.54) is 17.5 Å². The Hall–Kier alpha value is -2.28. The van der Waals surface area contributed by atoms with E-state index in [0.29, 0.717) is 24.8 Å². The van der Waals surface area contributed by atoms with E-state index in [-0.39, 0.29) is 28.7 Å². The first-order valence-corrected chi connectivity index (χ1v) is 9.47. The molecule has 6 nitrogen and oxygen atoms in total. The molecule has 0 aromatic carbocycles. The predicted molar refractivity (Wildman–Crippen MR) is 94.1 cm³/mol. The van der Waals surface area contributed by atoms with Gasteiger partial charge in [-0.15, -0.1) is 11.3 Å². The summed E-state index contributed by atoms with van der Waals surface area (Å²) in [6.45, 7) is 0.927. The fraction of sp³-hybridized carbons (Fsp3) is 0.444. The molecular formula is C18H19N3O3S. The van der Waals surface area contributed by atoms with E-state index < -0.39 is 0 Å². The van der Waals surface area contributed by atoms with Crippen LogP contribution in [0.2, 0.25) is 0 Å². The first-order valence-electron chi connectivity index (χ1n) is 8.59. The van der Waals surface area contributed by atoms with E-state index in [1.54, 1.807) is 4.90 Å². The molecule has 2 aromatic heterocycles. The summed E-state index contributed by atoms with van der Waals surface area (Å²) in [6, 6.07) is 3.68. The highest BCUT2D eigenvalue weighted by molar-refractivity contribution is 7.12. The van der Waals surface area contributed by atoms with Crippen LogP contribution >= 0.6 is 11.3 Å². The second-order valence-electron chi connectivity index (χ2n) is 6.72. The first kappa shape index (κ1) is 16.2. The van der Waals surface area contributed by atoms with Crippen molar-refractivity contribution in [3.8, 4) is 0 Å². The lowest BCUT2D eigenvalue weighted by atomic mass is 9.92. The Balaban J connectivity index is 1.50. The number of H-pyrrole nitrogens is 1. The fourth-order valence-corrected chi connectivity index (χ4v) is 4.03. The van der Waals surface area contributed by atoms with Crippen molar-refractivity contribution in [3.63, 3.8) is 0 Å². The number of carbonyl (C=O) groups is 2. The molecular weight excluding hydrogens is 338 g/mol. The summed E-state index contributed by atoms with van der Waals surface area (Å²) in [5.41, 5.74) is -0.317. The standard InChI is InChI=1S/C18H19N3O3S/c22-15(14-4-2-8-25-14)12-3-1-7-21(10-12)18(24)13-9-19-16(11-5-6-11)20-17(13)23/h2,4,8-9,11-12H,1,3,5-7,10H2,(H,19,20,23)/t12-/m0/s1. The monoisotopic (exact) mass is 357 g/mol. The van der Waals surface area contributed by atoms with Crippen LogP contribution in [0, 0.1) is 5.92 Å². The van der Waals surface area contributed by atoms with E-state index in [0.717, 1.165) is 30.6 Å².